The van der Waals surface area contributed by atoms with Crippen LogP contribution >= 0.6 is 0 Å². The van der Waals surface area contributed by atoms with Gasteiger partial charge in [0.25, 0.3) is 0 Å². The average Bonchev–Trinajstić information content (AvgIpc) is 2.04. The first kappa shape index (κ1) is 10.7. The van der Waals surface area contributed by atoms with E-state index in [0.717, 1.165) is 0 Å². The maximum Gasteiger partial charge on any atom is 0.221 e. The molecule has 6 nitrogen and oxygen atoms in total. The van der Waals surface area contributed by atoms with Crippen molar-refractivity contribution < 1.29 is 4.79 Å². The van der Waals surface area contributed by atoms with E-state index in [-0.39, 0.29) is 11.9 Å². The van der Waals surface area contributed by atoms with Crippen LogP contribution in [0, 0.1) is 0 Å². The Morgan fingerprint density at radius 1 is 1.58 bits per heavy atom. The third-order valence-corrected chi connectivity index (χ3v) is 1.14. The summed E-state index contributed by atoms with van der Waals surface area (Å²) in [5.74, 6) is 5.04. The molecule has 6 heteroatoms. The van der Waals surface area contributed by atoms with Crippen molar-refractivity contribution in [2.75, 3.05) is 13.1 Å². The fraction of sp³-hybridized carbons (Fsp3) is 0.667. The highest BCUT2D eigenvalue weighted by Crippen LogP contribution is 1.80. The minimum absolute atomic E-state index is 0.0360. The molecular formula is C6H15N5O. The first-order valence-electron chi connectivity index (χ1n) is 3.74. The summed E-state index contributed by atoms with van der Waals surface area (Å²) in [6, 6.07) is 0. The van der Waals surface area contributed by atoms with E-state index in [1.54, 1.807) is 0 Å². The number of hydrazine groups is 1. The van der Waals surface area contributed by atoms with Crippen molar-refractivity contribution in [3.8, 4) is 0 Å². The minimum Gasteiger partial charge on any atom is -0.369 e. The van der Waals surface area contributed by atoms with Crippen molar-refractivity contribution in [2.45, 2.75) is 13.3 Å². The zero-order chi connectivity index (χ0) is 9.40. The number of rotatable bonds is 4. The molecule has 0 rings (SSSR count). The number of aliphatic imine (C=N–C) groups is 1. The molecule has 6 N–H and O–H groups in total. The molecule has 0 atom stereocenters. The first-order valence-corrected chi connectivity index (χ1v) is 3.74. The average molecular weight is 173 g/mol. The van der Waals surface area contributed by atoms with E-state index in [1.807, 2.05) is 6.92 Å². The summed E-state index contributed by atoms with van der Waals surface area (Å²) in [7, 11) is 0. The van der Waals surface area contributed by atoms with Crippen LogP contribution in [-0.4, -0.2) is 25.0 Å². The molecule has 0 saturated carbocycles. The summed E-state index contributed by atoms with van der Waals surface area (Å²) in [6.45, 7) is 2.84. The minimum atomic E-state index is -0.0360. The van der Waals surface area contributed by atoms with Crippen molar-refractivity contribution >= 4 is 11.9 Å². The molecule has 0 aliphatic rings. The molecule has 0 unspecified atom stereocenters. The van der Waals surface area contributed by atoms with Gasteiger partial charge in [0.1, 0.15) is 0 Å². The van der Waals surface area contributed by atoms with Gasteiger partial charge < -0.3 is 11.1 Å². The molecule has 0 fully saturated rings. The van der Waals surface area contributed by atoms with E-state index in [0.29, 0.717) is 19.5 Å². The predicted octanol–water partition coefficient (Wildman–Crippen LogP) is -1.71. The van der Waals surface area contributed by atoms with Gasteiger partial charge in [-0.05, 0) is 6.92 Å². The summed E-state index contributed by atoms with van der Waals surface area (Å²) in [4.78, 5) is 14.6. The van der Waals surface area contributed by atoms with Crippen LogP contribution in [0.1, 0.15) is 13.3 Å². The Bertz CT molecular complexity index is 167. The fourth-order valence-electron chi connectivity index (χ4n) is 0.609. The van der Waals surface area contributed by atoms with E-state index in [9.17, 15) is 4.79 Å². The number of guanidine groups is 1. The highest BCUT2D eigenvalue weighted by Gasteiger charge is 1.96. The standard InChI is InChI=1S/C6H15N5O/c1-2-9-5(12)3-4-10-6(7)11-8/h2-4,8H2,1H3,(H,9,12)(H3,7,10,11). The molecule has 0 aliphatic heterocycles. The zero-order valence-electron chi connectivity index (χ0n) is 7.13. The van der Waals surface area contributed by atoms with Crippen LogP contribution in [0.3, 0.4) is 0 Å². The van der Waals surface area contributed by atoms with Gasteiger partial charge in [0, 0.05) is 13.0 Å². The molecule has 0 aromatic rings. The Morgan fingerprint density at radius 3 is 2.75 bits per heavy atom. The van der Waals surface area contributed by atoms with Crippen LogP contribution in [0.4, 0.5) is 0 Å². The Kier molecular flexibility index (Phi) is 5.72. The third kappa shape index (κ3) is 5.48. The van der Waals surface area contributed by atoms with E-state index in [2.05, 4.69) is 15.7 Å². The van der Waals surface area contributed by atoms with Crippen molar-refractivity contribution in [2.24, 2.45) is 16.6 Å². The monoisotopic (exact) mass is 173 g/mol. The summed E-state index contributed by atoms with van der Waals surface area (Å²) in [5.41, 5.74) is 7.38. The number of nitrogens with zero attached hydrogens (tertiary/aromatic N) is 1. The largest absolute Gasteiger partial charge is 0.369 e. The van der Waals surface area contributed by atoms with Crippen LogP contribution in [0.2, 0.25) is 0 Å². The molecule has 1 amide bonds. The lowest BCUT2D eigenvalue weighted by Gasteiger charge is -2.00. The highest BCUT2D eigenvalue weighted by molar-refractivity contribution is 5.78. The van der Waals surface area contributed by atoms with Gasteiger partial charge in [0.2, 0.25) is 11.9 Å². The Hall–Kier alpha value is -1.30. The molecule has 0 aliphatic carbocycles. The molecule has 0 bridgehead atoms. The second kappa shape index (κ2) is 6.41. The van der Waals surface area contributed by atoms with Gasteiger partial charge in [-0.2, -0.15) is 0 Å². The van der Waals surface area contributed by atoms with Crippen molar-refractivity contribution in [3.05, 3.63) is 0 Å². The molecule has 0 radical (unpaired) electrons. The molecule has 0 aromatic heterocycles. The van der Waals surface area contributed by atoms with Crippen LogP contribution < -0.4 is 22.3 Å². The van der Waals surface area contributed by atoms with Gasteiger partial charge in [0.15, 0.2) is 0 Å². The topological polar surface area (TPSA) is 106 Å². The van der Waals surface area contributed by atoms with Gasteiger partial charge in [-0.25, -0.2) is 5.84 Å². The Balaban J connectivity index is 3.48. The molecule has 0 aromatic carbocycles. The van der Waals surface area contributed by atoms with Gasteiger partial charge in [-0.1, -0.05) is 0 Å². The van der Waals surface area contributed by atoms with Crippen LogP contribution in [0.25, 0.3) is 0 Å². The molecule has 0 saturated heterocycles. The summed E-state index contributed by atoms with van der Waals surface area (Å²) >= 11 is 0. The first-order chi connectivity index (χ1) is 5.70. The number of carbonyl (C=O) groups excluding carboxylic acids is 1. The number of nitrogens with two attached hydrogens (primary N) is 2. The molecule has 0 spiro atoms. The lowest BCUT2D eigenvalue weighted by Crippen LogP contribution is -2.37. The summed E-state index contributed by atoms with van der Waals surface area (Å²) < 4.78 is 0. The SMILES string of the molecule is CCNC(=O)CCN=C(N)NN. The van der Waals surface area contributed by atoms with Gasteiger partial charge in [-0.15, -0.1) is 0 Å². The maximum absolute atomic E-state index is 10.8. The lowest BCUT2D eigenvalue weighted by atomic mass is 10.4. The normalized spacial score (nSPS) is 11.0. The third-order valence-electron chi connectivity index (χ3n) is 1.14. The number of carbonyl (C=O) groups is 1. The number of nitrogens with one attached hydrogen (secondary N) is 2. The van der Waals surface area contributed by atoms with Crippen LogP contribution in [0.5, 0.6) is 0 Å². The smallest absolute Gasteiger partial charge is 0.221 e. The van der Waals surface area contributed by atoms with E-state index >= 15 is 0 Å². The Morgan fingerprint density at radius 2 is 2.25 bits per heavy atom. The van der Waals surface area contributed by atoms with E-state index < -0.39 is 0 Å². The quantitative estimate of drug-likeness (QED) is 0.176. The maximum atomic E-state index is 10.8. The van der Waals surface area contributed by atoms with E-state index in [4.69, 9.17) is 11.6 Å². The number of hydrogen-bond acceptors (Lipinski definition) is 3. The van der Waals surface area contributed by atoms with Crippen molar-refractivity contribution in [1.82, 2.24) is 10.7 Å². The summed E-state index contributed by atoms with van der Waals surface area (Å²) in [5, 5.41) is 2.64. The van der Waals surface area contributed by atoms with Gasteiger partial charge in [-0.3, -0.25) is 15.2 Å². The molecule has 70 valence electrons. The predicted molar refractivity (Wildman–Crippen MR) is 47.1 cm³/mol. The van der Waals surface area contributed by atoms with Crippen molar-refractivity contribution in [1.29, 1.82) is 0 Å². The Labute approximate surface area is 71.4 Å². The van der Waals surface area contributed by atoms with E-state index in [1.165, 1.54) is 0 Å². The van der Waals surface area contributed by atoms with Crippen molar-refractivity contribution in [3.63, 3.8) is 0 Å². The molecule has 0 heterocycles. The lowest BCUT2D eigenvalue weighted by molar-refractivity contribution is -0.120. The van der Waals surface area contributed by atoms with Gasteiger partial charge >= 0.3 is 0 Å². The fourth-order valence-corrected chi connectivity index (χ4v) is 0.609. The second-order valence-corrected chi connectivity index (χ2v) is 2.11. The number of amides is 1. The zero-order valence-corrected chi connectivity index (χ0v) is 7.13. The second-order valence-electron chi connectivity index (χ2n) is 2.11. The van der Waals surface area contributed by atoms with Crippen LogP contribution in [0.15, 0.2) is 4.99 Å². The highest BCUT2D eigenvalue weighted by atomic mass is 16.1. The summed E-state index contributed by atoms with van der Waals surface area (Å²) in [6.07, 6.45) is 0.330. The van der Waals surface area contributed by atoms with Crippen LogP contribution in [-0.2, 0) is 4.79 Å². The molecule has 12 heavy (non-hydrogen) atoms. The number of hydrogen-bond donors (Lipinski definition) is 4. The molecular weight excluding hydrogens is 158 g/mol. The van der Waals surface area contributed by atoms with Gasteiger partial charge in [0.05, 0.1) is 6.54 Å².